The van der Waals surface area contributed by atoms with Gasteiger partial charge in [0.1, 0.15) is 5.56 Å². The number of likely N-dealkylation sites (tertiary alicyclic amines) is 1. The Kier molecular flexibility index (Phi) is 4.47. The molecule has 3 heterocycles. The van der Waals surface area contributed by atoms with Crippen molar-refractivity contribution in [3.05, 3.63) is 46.5 Å². The molecule has 0 aliphatic carbocycles. The van der Waals surface area contributed by atoms with Gasteiger partial charge in [0.05, 0.1) is 5.69 Å². The predicted molar refractivity (Wildman–Crippen MR) is 86.1 cm³/mol. The van der Waals surface area contributed by atoms with E-state index < -0.39 is 5.56 Å². The number of carbonyl (C=O) groups excluding carboxylic acids is 1. The van der Waals surface area contributed by atoms with Crippen molar-refractivity contribution in [1.82, 2.24) is 25.4 Å². The zero-order valence-electron chi connectivity index (χ0n) is 13.0. The fourth-order valence-electron chi connectivity index (χ4n) is 2.66. The highest BCUT2D eigenvalue weighted by Gasteiger charge is 2.21. The second-order valence-corrected chi connectivity index (χ2v) is 5.78. The van der Waals surface area contributed by atoms with Crippen LogP contribution in [0.5, 0.6) is 0 Å². The number of aromatic amines is 1. The maximum Gasteiger partial charge on any atom is 0.277 e. The van der Waals surface area contributed by atoms with Crippen molar-refractivity contribution in [3.8, 4) is 11.3 Å². The molecule has 0 spiro atoms. The van der Waals surface area contributed by atoms with Crippen LogP contribution in [0, 0.1) is 0 Å². The summed E-state index contributed by atoms with van der Waals surface area (Å²) in [5, 5.41) is 9.34. The predicted octanol–water partition coefficient (Wildman–Crippen LogP) is 0.656. The third kappa shape index (κ3) is 3.62. The summed E-state index contributed by atoms with van der Waals surface area (Å²) in [5.41, 5.74) is 0.948. The summed E-state index contributed by atoms with van der Waals surface area (Å²) in [5.74, 6) is -0.349. The second-order valence-electron chi connectivity index (χ2n) is 5.78. The molecule has 2 N–H and O–H groups in total. The zero-order chi connectivity index (χ0) is 16.2. The number of pyridine rings is 1. The minimum Gasteiger partial charge on any atom is -0.349 e. The molecule has 0 saturated carbocycles. The molecule has 1 amide bonds. The van der Waals surface area contributed by atoms with Crippen molar-refractivity contribution in [2.24, 2.45) is 0 Å². The molecule has 120 valence electrons. The van der Waals surface area contributed by atoms with Gasteiger partial charge in [-0.2, -0.15) is 5.10 Å². The van der Waals surface area contributed by atoms with Gasteiger partial charge in [-0.15, -0.1) is 0 Å². The fourth-order valence-corrected chi connectivity index (χ4v) is 2.66. The topological polar surface area (TPSA) is 91.0 Å². The molecule has 1 aliphatic rings. The van der Waals surface area contributed by atoms with Crippen LogP contribution < -0.4 is 10.9 Å². The molecule has 1 saturated heterocycles. The van der Waals surface area contributed by atoms with Crippen LogP contribution >= 0.6 is 0 Å². The van der Waals surface area contributed by atoms with E-state index in [1.54, 1.807) is 24.5 Å². The molecule has 7 nitrogen and oxygen atoms in total. The van der Waals surface area contributed by atoms with Gasteiger partial charge in [0.15, 0.2) is 0 Å². The van der Waals surface area contributed by atoms with Crippen molar-refractivity contribution in [2.75, 3.05) is 20.1 Å². The number of nitrogens with zero attached hydrogens (tertiary/aromatic N) is 3. The maximum absolute atomic E-state index is 12.4. The lowest BCUT2D eigenvalue weighted by atomic mass is 10.0. The maximum atomic E-state index is 12.4. The summed E-state index contributed by atoms with van der Waals surface area (Å²) in [6.07, 6.45) is 5.06. The number of H-pyrrole nitrogens is 1. The average Bonchev–Trinajstić information content (AvgIpc) is 2.58. The van der Waals surface area contributed by atoms with Crippen molar-refractivity contribution >= 4 is 5.91 Å². The molecule has 0 aromatic carbocycles. The second kappa shape index (κ2) is 6.70. The van der Waals surface area contributed by atoms with E-state index >= 15 is 0 Å². The van der Waals surface area contributed by atoms with E-state index in [2.05, 4.69) is 32.4 Å². The number of rotatable bonds is 3. The first-order valence-corrected chi connectivity index (χ1v) is 7.63. The van der Waals surface area contributed by atoms with E-state index in [-0.39, 0.29) is 17.5 Å². The summed E-state index contributed by atoms with van der Waals surface area (Å²) < 4.78 is 0. The van der Waals surface area contributed by atoms with Crippen molar-refractivity contribution in [2.45, 2.75) is 18.9 Å². The molecule has 0 atom stereocenters. The Morgan fingerprint density at radius 3 is 2.70 bits per heavy atom. The highest BCUT2D eigenvalue weighted by Crippen LogP contribution is 2.15. The van der Waals surface area contributed by atoms with Crippen LogP contribution in [0.3, 0.4) is 0 Å². The van der Waals surface area contributed by atoms with Crippen molar-refractivity contribution < 1.29 is 4.79 Å². The van der Waals surface area contributed by atoms with Gasteiger partial charge in [-0.25, -0.2) is 5.10 Å². The molecular formula is C16H19N5O2. The summed E-state index contributed by atoms with van der Waals surface area (Å²) >= 11 is 0. The minimum absolute atomic E-state index is 0.0886. The number of amides is 1. The molecule has 7 heteroatoms. The van der Waals surface area contributed by atoms with E-state index in [9.17, 15) is 9.59 Å². The van der Waals surface area contributed by atoms with Gasteiger partial charge in [-0.1, -0.05) is 0 Å². The van der Waals surface area contributed by atoms with E-state index in [0.717, 1.165) is 31.5 Å². The molecule has 1 aliphatic heterocycles. The SMILES string of the molecule is CN1CCC(NC(=O)c2cc(-c3ccncc3)n[nH]c2=O)CC1. The molecule has 0 bridgehead atoms. The van der Waals surface area contributed by atoms with Gasteiger partial charge in [-0.3, -0.25) is 14.6 Å². The van der Waals surface area contributed by atoms with Gasteiger partial charge >= 0.3 is 0 Å². The van der Waals surface area contributed by atoms with Crippen molar-refractivity contribution in [1.29, 1.82) is 0 Å². The highest BCUT2D eigenvalue weighted by atomic mass is 16.2. The third-order valence-electron chi connectivity index (χ3n) is 4.08. The Labute approximate surface area is 133 Å². The van der Waals surface area contributed by atoms with Crippen LogP contribution in [0.4, 0.5) is 0 Å². The van der Waals surface area contributed by atoms with Crippen LogP contribution in [0.15, 0.2) is 35.4 Å². The van der Waals surface area contributed by atoms with E-state index in [1.807, 2.05) is 0 Å². The normalized spacial score (nSPS) is 16.2. The van der Waals surface area contributed by atoms with Crippen LogP contribution in [0.1, 0.15) is 23.2 Å². The first-order chi connectivity index (χ1) is 11.1. The number of aromatic nitrogens is 3. The summed E-state index contributed by atoms with van der Waals surface area (Å²) in [7, 11) is 2.06. The summed E-state index contributed by atoms with van der Waals surface area (Å²) in [6.45, 7) is 1.89. The first kappa shape index (κ1) is 15.4. The number of hydrogen-bond acceptors (Lipinski definition) is 5. The number of piperidine rings is 1. The Hall–Kier alpha value is -2.54. The van der Waals surface area contributed by atoms with E-state index in [0.29, 0.717) is 5.69 Å². The minimum atomic E-state index is -0.478. The lowest BCUT2D eigenvalue weighted by molar-refractivity contribution is 0.0915. The van der Waals surface area contributed by atoms with Crippen LogP contribution in [0.2, 0.25) is 0 Å². The molecule has 0 radical (unpaired) electrons. The Balaban J connectivity index is 1.79. The molecule has 3 rings (SSSR count). The Morgan fingerprint density at radius 1 is 1.30 bits per heavy atom. The number of carbonyl (C=O) groups is 1. The van der Waals surface area contributed by atoms with Crippen LogP contribution in [-0.2, 0) is 0 Å². The summed E-state index contributed by atoms with van der Waals surface area (Å²) in [4.78, 5) is 30.5. The Morgan fingerprint density at radius 2 is 2.00 bits per heavy atom. The fraction of sp³-hybridized carbons (Fsp3) is 0.375. The Bertz CT molecular complexity index is 736. The highest BCUT2D eigenvalue weighted by molar-refractivity contribution is 5.94. The van der Waals surface area contributed by atoms with Gasteiger partial charge in [0.2, 0.25) is 0 Å². The van der Waals surface area contributed by atoms with Gasteiger partial charge in [0, 0.05) is 24.0 Å². The molecular weight excluding hydrogens is 294 g/mol. The molecule has 0 unspecified atom stereocenters. The largest absolute Gasteiger partial charge is 0.349 e. The average molecular weight is 313 g/mol. The van der Waals surface area contributed by atoms with Gasteiger partial charge in [0.25, 0.3) is 11.5 Å². The molecule has 1 fully saturated rings. The van der Waals surface area contributed by atoms with Crippen LogP contribution in [0.25, 0.3) is 11.3 Å². The molecule has 23 heavy (non-hydrogen) atoms. The van der Waals surface area contributed by atoms with Gasteiger partial charge in [-0.05, 0) is 51.2 Å². The lowest BCUT2D eigenvalue weighted by Crippen LogP contribution is -2.44. The van der Waals surface area contributed by atoms with Crippen LogP contribution in [-0.4, -0.2) is 52.2 Å². The molecule has 2 aromatic heterocycles. The molecule has 2 aromatic rings. The standard InChI is InChI=1S/C16H19N5O2/c1-21-8-4-12(5-9-21)18-15(22)13-10-14(19-20-16(13)23)11-2-6-17-7-3-11/h2-3,6-7,10,12H,4-5,8-9H2,1H3,(H,18,22)(H,20,23). The van der Waals surface area contributed by atoms with Gasteiger partial charge < -0.3 is 10.2 Å². The first-order valence-electron chi connectivity index (χ1n) is 7.63. The smallest absolute Gasteiger partial charge is 0.277 e. The lowest BCUT2D eigenvalue weighted by Gasteiger charge is -2.29. The monoisotopic (exact) mass is 313 g/mol. The number of hydrogen-bond donors (Lipinski definition) is 2. The number of nitrogens with one attached hydrogen (secondary N) is 2. The van der Waals surface area contributed by atoms with E-state index in [4.69, 9.17) is 0 Å². The van der Waals surface area contributed by atoms with Crippen molar-refractivity contribution in [3.63, 3.8) is 0 Å². The van der Waals surface area contributed by atoms with E-state index in [1.165, 1.54) is 6.07 Å². The summed E-state index contributed by atoms with van der Waals surface area (Å²) in [6, 6.07) is 5.19. The third-order valence-corrected chi connectivity index (χ3v) is 4.08. The zero-order valence-corrected chi connectivity index (χ0v) is 13.0. The quantitative estimate of drug-likeness (QED) is 0.868.